The Balaban J connectivity index is 2.19. The minimum Gasteiger partial charge on any atom is -0.494 e. The average molecular weight is 299 g/mol. The smallest absolute Gasteiger partial charge is 0.255 e. The Morgan fingerprint density at radius 2 is 1.86 bits per heavy atom. The summed E-state index contributed by atoms with van der Waals surface area (Å²) >= 11 is 0. The van der Waals surface area contributed by atoms with Crippen LogP contribution in [0.3, 0.4) is 0 Å². The number of nitrogen functional groups attached to an aromatic ring is 1. The van der Waals surface area contributed by atoms with Gasteiger partial charge in [0.15, 0.2) is 0 Å². The van der Waals surface area contributed by atoms with Crippen LogP contribution in [-0.2, 0) is 0 Å². The Morgan fingerprint density at radius 1 is 1.18 bits per heavy atom. The molecule has 0 heterocycles. The predicted molar refractivity (Wildman–Crippen MR) is 90.7 cm³/mol. The summed E-state index contributed by atoms with van der Waals surface area (Å²) in [5, 5.41) is 2.90. The molecule has 0 radical (unpaired) electrons. The van der Waals surface area contributed by atoms with Crippen molar-refractivity contribution in [3.8, 4) is 5.75 Å². The monoisotopic (exact) mass is 299 g/mol. The number of anilines is 3. The number of nitrogens with zero attached hydrogens (tertiary/aromatic N) is 1. The van der Waals surface area contributed by atoms with E-state index in [2.05, 4.69) is 5.32 Å². The molecule has 0 atom stereocenters. The predicted octanol–water partition coefficient (Wildman–Crippen LogP) is 2.99. The number of hydrogen-bond donors (Lipinski definition) is 2. The molecule has 1 amide bonds. The van der Waals surface area contributed by atoms with Crippen molar-refractivity contribution in [1.29, 1.82) is 0 Å². The summed E-state index contributed by atoms with van der Waals surface area (Å²) in [6.07, 6.45) is 0. The van der Waals surface area contributed by atoms with Crippen molar-refractivity contribution in [1.82, 2.24) is 0 Å². The third-order valence-corrected chi connectivity index (χ3v) is 3.18. The van der Waals surface area contributed by atoms with E-state index in [1.807, 2.05) is 38.1 Å². The summed E-state index contributed by atoms with van der Waals surface area (Å²) in [6.45, 7) is 2.52. The lowest BCUT2D eigenvalue weighted by Gasteiger charge is -2.18. The Morgan fingerprint density at radius 3 is 2.45 bits per heavy atom. The van der Waals surface area contributed by atoms with Crippen LogP contribution in [0.1, 0.15) is 17.3 Å². The van der Waals surface area contributed by atoms with Crippen molar-refractivity contribution in [3.63, 3.8) is 0 Å². The van der Waals surface area contributed by atoms with Gasteiger partial charge in [0.2, 0.25) is 0 Å². The van der Waals surface area contributed by atoms with Gasteiger partial charge in [-0.1, -0.05) is 0 Å². The molecule has 116 valence electrons. The molecule has 0 saturated heterocycles. The van der Waals surface area contributed by atoms with Crippen LogP contribution >= 0.6 is 0 Å². The zero-order valence-electron chi connectivity index (χ0n) is 13.1. The maximum absolute atomic E-state index is 12.4. The van der Waals surface area contributed by atoms with Gasteiger partial charge in [0.25, 0.3) is 5.91 Å². The lowest BCUT2D eigenvalue weighted by atomic mass is 10.1. The third kappa shape index (κ3) is 3.69. The first-order chi connectivity index (χ1) is 10.5. The molecule has 0 bridgehead atoms. The molecule has 3 N–H and O–H groups in total. The van der Waals surface area contributed by atoms with Crippen LogP contribution in [0.4, 0.5) is 17.1 Å². The van der Waals surface area contributed by atoms with Gasteiger partial charge < -0.3 is 20.7 Å². The van der Waals surface area contributed by atoms with E-state index in [0.717, 1.165) is 11.4 Å². The van der Waals surface area contributed by atoms with Crippen LogP contribution < -0.4 is 20.7 Å². The molecule has 0 spiro atoms. The molecule has 0 saturated carbocycles. The number of amides is 1. The number of hydrogen-bond acceptors (Lipinski definition) is 4. The second-order valence-corrected chi connectivity index (χ2v) is 5.08. The number of nitrogens with two attached hydrogens (primary N) is 1. The summed E-state index contributed by atoms with van der Waals surface area (Å²) in [5.74, 6) is 0.564. The highest BCUT2D eigenvalue weighted by Gasteiger charge is 2.11. The molecule has 0 aliphatic carbocycles. The van der Waals surface area contributed by atoms with Crippen molar-refractivity contribution in [3.05, 3.63) is 48.0 Å². The van der Waals surface area contributed by atoms with Gasteiger partial charge in [-0.15, -0.1) is 0 Å². The van der Waals surface area contributed by atoms with E-state index in [1.165, 1.54) is 0 Å². The molecule has 0 fully saturated rings. The van der Waals surface area contributed by atoms with E-state index < -0.39 is 0 Å². The Labute approximate surface area is 130 Å². The zero-order chi connectivity index (χ0) is 16.1. The summed E-state index contributed by atoms with van der Waals surface area (Å²) in [4.78, 5) is 14.3. The molecular formula is C17H21N3O2. The van der Waals surface area contributed by atoms with E-state index in [-0.39, 0.29) is 5.91 Å². The maximum Gasteiger partial charge on any atom is 0.255 e. The SMILES string of the molecule is CCOc1ccc(C(=O)Nc2cc(N)ccc2N(C)C)cc1. The number of ether oxygens (including phenoxy) is 1. The Kier molecular flexibility index (Phi) is 4.88. The molecule has 2 aromatic carbocycles. The van der Waals surface area contributed by atoms with Gasteiger partial charge in [-0.05, 0) is 49.4 Å². The number of carbonyl (C=O) groups excluding carboxylic acids is 1. The van der Waals surface area contributed by atoms with Crippen LogP contribution in [0.15, 0.2) is 42.5 Å². The van der Waals surface area contributed by atoms with Gasteiger partial charge >= 0.3 is 0 Å². The standard InChI is InChI=1S/C17H21N3O2/c1-4-22-14-8-5-12(6-9-14)17(21)19-15-11-13(18)7-10-16(15)20(2)3/h5-11H,4,18H2,1-3H3,(H,19,21). The van der Waals surface area contributed by atoms with Gasteiger partial charge in [0, 0.05) is 25.3 Å². The van der Waals surface area contributed by atoms with Crippen molar-refractivity contribution < 1.29 is 9.53 Å². The van der Waals surface area contributed by atoms with E-state index in [4.69, 9.17) is 10.5 Å². The largest absolute Gasteiger partial charge is 0.494 e. The lowest BCUT2D eigenvalue weighted by Crippen LogP contribution is -2.17. The van der Waals surface area contributed by atoms with Crippen LogP contribution in [0, 0.1) is 0 Å². The Hall–Kier alpha value is -2.69. The van der Waals surface area contributed by atoms with Crippen molar-refractivity contribution in [2.24, 2.45) is 0 Å². The van der Waals surface area contributed by atoms with Crippen LogP contribution in [0.5, 0.6) is 5.75 Å². The van der Waals surface area contributed by atoms with Gasteiger partial charge in [-0.2, -0.15) is 0 Å². The molecule has 0 aromatic heterocycles. The number of nitrogens with one attached hydrogen (secondary N) is 1. The van der Waals surface area contributed by atoms with E-state index in [9.17, 15) is 4.79 Å². The quantitative estimate of drug-likeness (QED) is 0.833. The van der Waals surface area contributed by atoms with E-state index >= 15 is 0 Å². The van der Waals surface area contributed by atoms with Gasteiger partial charge in [0.05, 0.1) is 18.0 Å². The van der Waals surface area contributed by atoms with Crippen molar-refractivity contribution in [2.45, 2.75) is 6.92 Å². The molecule has 0 aliphatic rings. The first kappa shape index (κ1) is 15.7. The molecule has 5 nitrogen and oxygen atoms in total. The molecule has 2 aromatic rings. The van der Waals surface area contributed by atoms with Gasteiger partial charge in [-0.3, -0.25) is 4.79 Å². The van der Waals surface area contributed by atoms with E-state index in [1.54, 1.807) is 30.3 Å². The summed E-state index contributed by atoms with van der Waals surface area (Å²) in [7, 11) is 3.83. The molecule has 0 aliphatic heterocycles. The minimum absolute atomic E-state index is 0.184. The molecule has 22 heavy (non-hydrogen) atoms. The van der Waals surface area contributed by atoms with Crippen LogP contribution in [0.2, 0.25) is 0 Å². The second-order valence-electron chi connectivity index (χ2n) is 5.08. The molecule has 0 unspecified atom stereocenters. The first-order valence-corrected chi connectivity index (χ1v) is 7.12. The van der Waals surface area contributed by atoms with Gasteiger partial charge in [0.1, 0.15) is 5.75 Å². The normalized spacial score (nSPS) is 10.1. The molecular weight excluding hydrogens is 278 g/mol. The highest BCUT2D eigenvalue weighted by molar-refractivity contribution is 6.06. The minimum atomic E-state index is -0.184. The fraction of sp³-hybridized carbons (Fsp3) is 0.235. The number of carbonyl (C=O) groups is 1. The average Bonchev–Trinajstić information content (AvgIpc) is 2.48. The molecule has 5 heteroatoms. The first-order valence-electron chi connectivity index (χ1n) is 7.12. The number of benzene rings is 2. The second kappa shape index (κ2) is 6.85. The van der Waals surface area contributed by atoms with E-state index in [0.29, 0.717) is 23.5 Å². The highest BCUT2D eigenvalue weighted by Crippen LogP contribution is 2.27. The lowest BCUT2D eigenvalue weighted by molar-refractivity contribution is 0.102. The van der Waals surface area contributed by atoms with Crippen molar-refractivity contribution in [2.75, 3.05) is 36.7 Å². The fourth-order valence-corrected chi connectivity index (χ4v) is 2.11. The summed E-state index contributed by atoms with van der Waals surface area (Å²) in [6, 6.07) is 12.5. The van der Waals surface area contributed by atoms with Crippen LogP contribution in [-0.4, -0.2) is 26.6 Å². The fourth-order valence-electron chi connectivity index (χ4n) is 2.11. The number of rotatable bonds is 5. The highest BCUT2D eigenvalue weighted by atomic mass is 16.5. The zero-order valence-corrected chi connectivity index (χ0v) is 13.1. The maximum atomic E-state index is 12.4. The van der Waals surface area contributed by atoms with Crippen LogP contribution in [0.25, 0.3) is 0 Å². The molecule has 2 rings (SSSR count). The Bertz CT molecular complexity index is 651. The van der Waals surface area contributed by atoms with Gasteiger partial charge in [-0.25, -0.2) is 0 Å². The summed E-state index contributed by atoms with van der Waals surface area (Å²) in [5.41, 5.74) is 8.56. The third-order valence-electron chi connectivity index (χ3n) is 3.18. The summed E-state index contributed by atoms with van der Waals surface area (Å²) < 4.78 is 5.37. The topological polar surface area (TPSA) is 67.6 Å². The van der Waals surface area contributed by atoms with Crippen molar-refractivity contribution >= 4 is 23.0 Å².